The molecule has 162 valence electrons. The molecule has 0 saturated carbocycles. The second-order valence-corrected chi connectivity index (χ2v) is 14.6. The summed E-state index contributed by atoms with van der Waals surface area (Å²) in [6.45, 7) is 24.9. The fourth-order valence-electron chi connectivity index (χ4n) is 2.61. The summed E-state index contributed by atoms with van der Waals surface area (Å²) in [5, 5.41) is 0.110. The van der Waals surface area contributed by atoms with Gasteiger partial charge in [0.1, 0.15) is 5.60 Å². The zero-order chi connectivity index (χ0) is 22.5. The van der Waals surface area contributed by atoms with Crippen LogP contribution in [0.1, 0.15) is 47.1 Å². The number of rotatable bonds is 8. The molecule has 0 aliphatic heterocycles. The minimum Gasteiger partial charge on any atom is -0.443 e. The Morgan fingerprint density at radius 1 is 1.14 bits per heavy atom. The van der Waals surface area contributed by atoms with Crippen LogP contribution in [0.15, 0.2) is 49.6 Å². The van der Waals surface area contributed by atoms with E-state index in [0.29, 0.717) is 13.0 Å². The van der Waals surface area contributed by atoms with Crippen LogP contribution in [0.2, 0.25) is 18.1 Å². The lowest BCUT2D eigenvalue weighted by atomic mass is 10.0. The van der Waals surface area contributed by atoms with Crippen LogP contribution in [-0.2, 0) is 15.6 Å². The lowest BCUT2D eigenvalue weighted by Crippen LogP contribution is -2.44. The molecule has 0 saturated heterocycles. The van der Waals surface area contributed by atoms with E-state index in [1.54, 1.807) is 11.0 Å². The number of benzene rings is 1. The van der Waals surface area contributed by atoms with Crippen molar-refractivity contribution < 1.29 is 14.0 Å². The number of hydrogen-bond donors (Lipinski definition) is 0. The second kappa shape index (κ2) is 9.77. The molecule has 0 heterocycles. The minimum absolute atomic E-state index is 0.110. The number of ether oxygens (including phenoxy) is 1. The monoisotopic (exact) mass is 417 g/mol. The molecule has 1 unspecified atom stereocenters. The summed E-state index contributed by atoms with van der Waals surface area (Å²) in [5.74, 6) is 0. The highest BCUT2D eigenvalue weighted by Gasteiger charge is 2.38. The summed E-state index contributed by atoms with van der Waals surface area (Å²) in [4.78, 5) is 14.5. The van der Waals surface area contributed by atoms with Crippen molar-refractivity contribution in [1.29, 1.82) is 0 Å². The van der Waals surface area contributed by atoms with Crippen LogP contribution in [0.3, 0.4) is 0 Å². The maximum Gasteiger partial charge on any atom is 0.415 e. The van der Waals surface area contributed by atoms with E-state index < -0.39 is 13.9 Å². The molecule has 0 N–H and O–H groups in total. The van der Waals surface area contributed by atoms with E-state index in [-0.39, 0.29) is 17.2 Å². The van der Waals surface area contributed by atoms with Gasteiger partial charge in [0.15, 0.2) is 8.32 Å². The van der Waals surface area contributed by atoms with Crippen LogP contribution in [-0.4, -0.2) is 32.7 Å². The summed E-state index contributed by atoms with van der Waals surface area (Å²) in [6.07, 6.45) is 3.70. The zero-order valence-electron chi connectivity index (χ0n) is 19.5. The number of carbonyl (C=O) groups is 1. The Balaban J connectivity index is 3.19. The molecule has 0 spiro atoms. The number of amides is 1. The number of hydrogen-bond acceptors (Lipinski definition) is 3. The minimum atomic E-state index is -1.95. The van der Waals surface area contributed by atoms with Crippen molar-refractivity contribution in [2.24, 2.45) is 0 Å². The Morgan fingerprint density at radius 2 is 1.72 bits per heavy atom. The van der Waals surface area contributed by atoms with Crippen LogP contribution in [0.5, 0.6) is 0 Å². The highest BCUT2D eigenvalue weighted by atomic mass is 28.4. The van der Waals surface area contributed by atoms with Crippen LogP contribution >= 0.6 is 0 Å². The number of carbonyl (C=O) groups excluding carboxylic acids is 1. The summed E-state index contributed by atoms with van der Waals surface area (Å²) in [5.41, 5.74) is 1.26. The van der Waals surface area contributed by atoms with E-state index >= 15 is 0 Å². The van der Waals surface area contributed by atoms with Gasteiger partial charge in [-0.15, -0.1) is 13.2 Å². The third-order valence-electron chi connectivity index (χ3n) is 5.14. The van der Waals surface area contributed by atoms with Gasteiger partial charge in [0.25, 0.3) is 0 Å². The lowest BCUT2D eigenvalue weighted by Gasteiger charge is -2.39. The molecule has 4 nitrogen and oxygen atoms in total. The molecule has 1 aromatic rings. The van der Waals surface area contributed by atoms with Crippen molar-refractivity contribution in [1.82, 2.24) is 0 Å². The molecule has 1 atom stereocenters. The Bertz CT molecular complexity index is 714. The Kier molecular flexibility index (Phi) is 8.48. The van der Waals surface area contributed by atoms with Crippen LogP contribution < -0.4 is 4.90 Å². The normalized spacial score (nSPS) is 13.5. The van der Waals surface area contributed by atoms with E-state index in [1.165, 1.54) is 0 Å². The average molecular weight is 418 g/mol. The van der Waals surface area contributed by atoms with Gasteiger partial charge in [-0.2, -0.15) is 0 Å². The molecule has 0 bridgehead atoms. The summed E-state index contributed by atoms with van der Waals surface area (Å²) in [7, 11) is -1.95. The van der Waals surface area contributed by atoms with Crippen molar-refractivity contribution in [2.75, 3.05) is 11.4 Å². The predicted octanol–water partition coefficient (Wildman–Crippen LogP) is 6.73. The number of nitrogens with zero attached hydrogens (tertiary/aromatic N) is 1. The first-order chi connectivity index (χ1) is 13.2. The predicted molar refractivity (Wildman–Crippen MR) is 126 cm³/mol. The molecule has 0 aliphatic rings. The molecular weight excluding hydrogens is 378 g/mol. The standard InChI is InChI=1S/C24H39NO3Si/c1-11-17-25(22(26)27-23(3,4)5)21-16-14-13-15-19(21)18-20(12-2)28-29(9,10)24(6,7)8/h11-16,20H,1-2,17-18H2,3-10H3. The third kappa shape index (κ3) is 7.48. The van der Waals surface area contributed by atoms with Crippen molar-refractivity contribution >= 4 is 20.1 Å². The van der Waals surface area contributed by atoms with Gasteiger partial charge >= 0.3 is 6.09 Å². The van der Waals surface area contributed by atoms with Gasteiger partial charge in [-0.25, -0.2) is 4.79 Å². The Hall–Kier alpha value is -1.85. The third-order valence-corrected chi connectivity index (χ3v) is 9.65. The van der Waals surface area contributed by atoms with Gasteiger partial charge in [0.05, 0.1) is 11.8 Å². The Morgan fingerprint density at radius 3 is 2.21 bits per heavy atom. The second-order valence-electron chi connectivity index (χ2n) is 9.86. The van der Waals surface area contributed by atoms with Crippen molar-refractivity contribution in [2.45, 2.75) is 77.8 Å². The van der Waals surface area contributed by atoms with E-state index in [1.807, 2.05) is 51.1 Å². The molecular formula is C24H39NO3Si. The van der Waals surface area contributed by atoms with Crippen molar-refractivity contribution in [3.63, 3.8) is 0 Å². The molecule has 0 radical (unpaired) electrons. The molecule has 0 aliphatic carbocycles. The van der Waals surface area contributed by atoms with E-state index in [9.17, 15) is 4.79 Å². The molecule has 0 aromatic heterocycles. The highest BCUT2D eigenvalue weighted by Crippen LogP contribution is 2.38. The summed E-state index contributed by atoms with van der Waals surface area (Å²) < 4.78 is 12.2. The van der Waals surface area contributed by atoms with Gasteiger partial charge in [-0.3, -0.25) is 4.90 Å². The fraction of sp³-hybridized carbons (Fsp3) is 0.542. The van der Waals surface area contributed by atoms with Gasteiger partial charge in [-0.05, 0) is 50.5 Å². The summed E-state index contributed by atoms with van der Waals surface area (Å²) in [6, 6.07) is 7.87. The van der Waals surface area contributed by atoms with Gasteiger partial charge in [0.2, 0.25) is 0 Å². The zero-order valence-corrected chi connectivity index (χ0v) is 20.5. The van der Waals surface area contributed by atoms with Crippen molar-refractivity contribution in [3.05, 3.63) is 55.1 Å². The number of para-hydroxylation sites is 1. The smallest absolute Gasteiger partial charge is 0.415 e. The Labute approximate surface area is 178 Å². The topological polar surface area (TPSA) is 38.8 Å². The van der Waals surface area contributed by atoms with Gasteiger partial charge < -0.3 is 9.16 Å². The molecule has 0 fully saturated rings. The summed E-state index contributed by atoms with van der Waals surface area (Å²) >= 11 is 0. The molecule has 1 rings (SSSR count). The van der Waals surface area contributed by atoms with E-state index in [2.05, 4.69) is 47.0 Å². The quantitative estimate of drug-likeness (QED) is 0.347. The fourth-order valence-corrected chi connectivity index (χ4v) is 3.90. The molecule has 29 heavy (non-hydrogen) atoms. The first-order valence-electron chi connectivity index (χ1n) is 10.2. The van der Waals surface area contributed by atoms with Crippen LogP contribution in [0.4, 0.5) is 10.5 Å². The average Bonchev–Trinajstić information content (AvgIpc) is 2.57. The largest absolute Gasteiger partial charge is 0.443 e. The maximum atomic E-state index is 12.8. The van der Waals surface area contributed by atoms with E-state index in [0.717, 1.165) is 11.3 Å². The first-order valence-corrected chi connectivity index (χ1v) is 13.1. The van der Waals surface area contributed by atoms with E-state index in [4.69, 9.17) is 9.16 Å². The van der Waals surface area contributed by atoms with Gasteiger partial charge in [-0.1, -0.05) is 51.1 Å². The number of anilines is 1. The highest BCUT2D eigenvalue weighted by molar-refractivity contribution is 6.74. The maximum absolute atomic E-state index is 12.8. The lowest BCUT2D eigenvalue weighted by molar-refractivity contribution is 0.0584. The molecule has 5 heteroatoms. The SMILES string of the molecule is C=CCN(C(=O)OC(C)(C)C)c1ccccc1CC(C=C)O[Si](C)(C)C(C)(C)C. The molecule has 1 aromatic carbocycles. The molecule has 1 amide bonds. The first kappa shape index (κ1) is 25.2. The van der Waals surface area contributed by atoms with Gasteiger partial charge in [0, 0.05) is 13.0 Å². The van der Waals surface area contributed by atoms with Crippen LogP contribution in [0.25, 0.3) is 0 Å². The van der Waals surface area contributed by atoms with Crippen LogP contribution in [0, 0.1) is 0 Å². The van der Waals surface area contributed by atoms with Crippen molar-refractivity contribution in [3.8, 4) is 0 Å².